The number of carbonyl (C=O) groups is 1. The van der Waals surface area contributed by atoms with Gasteiger partial charge in [0, 0.05) is 18.2 Å². The predicted octanol–water partition coefficient (Wildman–Crippen LogP) is 3.11. The lowest BCUT2D eigenvalue weighted by Gasteiger charge is -2.34. The van der Waals surface area contributed by atoms with Gasteiger partial charge in [-0.1, -0.05) is 13.0 Å². The molecule has 0 spiro atoms. The summed E-state index contributed by atoms with van der Waals surface area (Å²) in [5, 5.41) is 3.36. The number of ether oxygens (including phenoxy) is 1. The number of amides is 1. The van der Waals surface area contributed by atoms with Gasteiger partial charge in [0.05, 0.1) is 6.61 Å². The Morgan fingerprint density at radius 3 is 2.68 bits per heavy atom. The zero-order chi connectivity index (χ0) is 15.1. The molecule has 0 aliphatic carbocycles. The van der Waals surface area contributed by atoms with Gasteiger partial charge in [0.2, 0.25) is 0 Å². The topological polar surface area (TPSA) is 41.6 Å². The molecule has 124 valence electrons. The second kappa shape index (κ2) is 9.70. The van der Waals surface area contributed by atoms with Crippen LogP contribution in [-0.2, 0) is 0 Å². The average Bonchev–Trinajstić information content (AvgIpc) is 2.53. The molecule has 2 rings (SSSR count). The van der Waals surface area contributed by atoms with Crippen LogP contribution in [-0.4, -0.2) is 43.1 Å². The highest BCUT2D eigenvalue weighted by molar-refractivity contribution is 5.94. The molecule has 1 aromatic carbocycles. The van der Waals surface area contributed by atoms with Gasteiger partial charge in [-0.3, -0.25) is 4.79 Å². The number of hydrogen-bond donors (Lipinski definition) is 1. The first-order chi connectivity index (χ1) is 10.3. The summed E-state index contributed by atoms with van der Waals surface area (Å²) in [5.74, 6) is 0.899. The van der Waals surface area contributed by atoms with Gasteiger partial charge >= 0.3 is 0 Å². The largest absolute Gasteiger partial charge is 0.494 e. The molecule has 4 nitrogen and oxygen atoms in total. The van der Waals surface area contributed by atoms with E-state index in [0.29, 0.717) is 12.6 Å². The van der Waals surface area contributed by atoms with Crippen LogP contribution >= 0.6 is 12.4 Å². The van der Waals surface area contributed by atoms with Crippen LogP contribution in [0.1, 0.15) is 43.5 Å². The van der Waals surface area contributed by atoms with Gasteiger partial charge < -0.3 is 15.0 Å². The summed E-state index contributed by atoms with van der Waals surface area (Å²) in [6.45, 7) is 7.51. The SMILES string of the molecule is CCCN(C(=O)c1cccc(OCC)c1)C1CCNCC1.Cl. The maximum absolute atomic E-state index is 12.8. The minimum atomic E-state index is 0. The molecule has 1 amide bonds. The van der Waals surface area contributed by atoms with Crippen LogP contribution in [0.25, 0.3) is 0 Å². The van der Waals surface area contributed by atoms with Gasteiger partial charge in [0.1, 0.15) is 5.75 Å². The lowest BCUT2D eigenvalue weighted by molar-refractivity contribution is 0.0642. The molecule has 1 saturated heterocycles. The number of rotatable bonds is 6. The van der Waals surface area contributed by atoms with Crippen molar-refractivity contribution >= 4 is 18.3 Å². The number of hydrogen-bond acceptors (Lipinski definition) is 3. The van der Waals surface area contributed by atoms with Gasteiger partial charge in [-0.25, -0.2) is 0 Å². The van der Waals surface area contributed by atoms with E-state index < -0.39 is 0 Å². The molecule has 0 aromatic heterocycles. The molecule has 1 aromatic rings. The number of benzene rings is 1. The smallest absolute Gasteiger partial charge is 0.254 e. The van der Waals surface area contributed by atoms with E-state index >= 15 is 0 Å². The highest BCUT2D eigenvalue weighted by atomic mass is 35.5. The van der Waals surface area contributed by atoms with Crippen LogP contribution in [0.3, 0.4) is 0 Å². The zero-order valence-electron chi connectivity index (χ0n) is 13.5. The Kier molecular flexibility index (Phi) is 8.28. The highest BCUT2D eigenvalue weighted by Gasteiger charge is 2.25. The Labute approximate surface area is 139 Å². The van der Waals surface area contributed by atoms with Gasteiger partial charge in [-0.05, 0) is 57.5 Å². The first-order valence-electron chi connectivity index (χ1n) is 8.00. The Morgan fingerprint density at radius 2 is 2.05 bits per heavy atom. The fourth-order valence-electron chi connectivity index (χ4n) is 2.86. The van der Waals surface area contributed by atoms with Gasteiger partial charge in [-0.15, -0.1) is 12.4 Å². The lowest BCUT2D eigenvalue weighted by atomic mass is 10.0. The number of carbonyl (C=O) groups excluding carboxylic acids is 1. The molecule has 0 unspecified atom stereocenters. The van der Waals surface area contributed by atoms with Crippen LogP contribution < -0.4 is 10.1 Å². The van der Waals surface area contributed by atoms with Gasteiger partial charge in [0.15, 0.2) is 0 Å². The second-order valence-corrected chi connectivity index (χ2v) is 5.44. The van der Waals surface area contributed by atoms with Crippen molar-refractivity contribution in [3.63, 3.8) is 0 Å². The number of nitrogens with one attached hydrogen (secondary N) is 1. The molecule has 1 aliphatic heterocycles. The molecular formula is C17H27ClN2O2. The Hall–Kier alpha value is -1.26. The van der Waals surface area contributed by atoms with E-state index in [4.69, 9.17) is 4.74 Å². The van der Waals surface area contributed by atoms with Crippen molar-refractivity contribution in [1.29, 1.82) is 0 Å². The van der Waals surface area contributed by atoms with E-state index in [1.165, 1.54) is 0 Å². The minimum absolute atomic E-state index is 0. The number of halogens is 1. The molecule has 1 N–H and O–H groups in total. The van der Waals surface area contributed by atoms with Crippen molar-refractivity contribution in [3.05, 3.63) is 29.8 Å². The Bertz CT molecular complexity index is 462. The quantitative estimate of drug-likeness (QED) is 0.873. The van der Waals surface area contributed by atoms with Crippen LogP contribution in [0.4, 0.5) is 0 Å². The van der Waals surface area contributed by atoms with Gasteiger partial charge in [-0.2, -0.15) is 0 Å². The molecule has 22 heavy (non-hydrogen) atoms. The molecule has 0 atom stereocenters. The van der Waals surface area contributed by atoms with Crippen molar-refractivity contribution in [2.24, 2.45) is 0 Å². The molecule has 0 saturated carbocycles. The summed E-state index contributed by atoms with van der Waals surface area (Å²) in [7, 11) is 0. The highest BCUT2D eigenvalue weighted by Crippen LogP contribution is 2.19. The first kappa shape index (κ1) is 18.8. The molecule has 5 heteroatoms. The monoisotopic (exact) mass is 326 g/mol. The summed E-state index contributed by atoms with van der Waals surface area (Å²) in [5.41, 5.74) is 0.730. The van der Waals surface area contributed by atoms with E-state index in [-0.39, 0.29) is 18.3 Å². The normalized spacial score (nSPS) is 15.0. The summed E-state index contributed by atoms with van der Waals surface area (Å²) in [6.07, 6.45) is 3.06. The van der Waals surface area contributed by atoms with Crippen molar-refractivity contribution in [3.8, 4) is 5.75 Å². The minimum Gasteiger partial charge on any atom is -0.494 e. The van der Waals surface area contributed by atoms with E-state index in [2.05, 4.69) is 12.2 Å². The molecule has 1 aliphatic rings. The van der Waals surface area contributed by atoms with E-state index in [1.807, 2.05) is 36.1 Å². The number of nitrogens with zero attached hydrogens (tertiary/aromatic N) is 1. The average molecular weight is 327 g/mol. The zero-order valence-corrected chi connectivity index (χ0v) is 14.3. The predicted molar refractivity (Wildman–Crippen MR) is 92.1 cm³/mol. The summed E-state index contributed by atoms with van der Waals surface area (Å²) in [6, 6.07) is 7.89. The Morgan fingerprint density at radius 1 is 1.32 bits per heavy atom. The third-order valence-corrected chi connectivity index (χ3v) is 3.87. The molecule has 0 radical (unpaired) electrons. The fraction of sp³-hybridized carbons (Fsp3) is 0.588. The Balaban J connectivity index is 0.00000242. The van der Waals surface area contributed by atoms with E-state index in [0.717, 1.165) is 50.2 Å². The molecular weight excluding hydrogens is 300 g/mol. The third-order valence-electron chi connectivity index (χ3n) is 3.87. The summed E-state index contributed by atoms with van der Waals surface area (Å²) in [4.78, 5) is 14.9. The molecule has 1 fully saturated rings. The van der Waals surface area contributed by atoms with Crippen molar-refractivity contribution < 1.29 is 9.53 Å². The molecule has 0 bridgehead atoms. The second-order valence-electron chi connectivity index (χ2n) is 5.44. The lowest BCUT2D eigenvalue weighted by Crippen LogP contribution is -2.46. The summed E-state index contributed by atoms with van der Waals surface area (Å²) < 4.78 is 5.50. The van der Waals surface area contributed by atoms with Crippen molar-refractivity contribution in [2.45, 2.75) is 39.2 Å². The third kappa shape index (κ3) is 4.89. The molecule has 1 heterocycles. The maximum Gasteiger partial charge on any atom is 0.254 e. The van der Waals surface area contributed by atoms with Crippen LogP contribution in [0.15, 0.2) is 24.3 Å². The van der Waals surface area contributed by atoms with E-state index in [9.17, 15) is 4.79 Å². The number of piperidine rings is 1. The van der Waals surface area contributed by atoms with E-state index in [1.54, 1.807) is 0 Å². The standard InChI is InChI=1S/C17H26N2O2.ClH/c1-3-12-19(15-8-10-18-11-9-15)17(20)14-6-5-7-16(13-14)21-4-2;/h5-7,13,15,18H,3-4,8-12H2,1-2H3;1H. The van der Waals surface area contributed by atoms with Crippen LogP contribution in [0.2, 0.25) is 0 Å². The first-order valence-corrected chi connectivity index (χ1v) is 8.00. The van der Waals surface area contributed by atoms with Crippen LogP contribution in [0.5, 0.6) is 5.75 Å². The summed E-state index contributed by atoms with van der Waals surface area (Å²) >= 11 is 0. The maximum atomic E-state index is 12.8. The van der Waals surface area contributed by atoms with Crippen molar-refractivity contribution in [1.82, 2.24) is 10.2 Å². The van der Waals surface area contributed by atoms with Crippen molar-refractivity contribution in [2.75, 3.05) is 26.2 Å². The fourth-order valence-corrected chi connectivity index (χ4v) is 2.86. The van der Waals surface area contributed by atoms with Gasteiger partial charge in [0.25, 0.3) is 5.91 Å². The van der Waals surface area contributed by atoms with Crippen LogP contribution in [0, 0.1) is 0 Å².